The Morgan fingerprint density at radius 1 is 1.33 bits per heavy atom. The molecule has 0 aromatic heterocycles. The molecule has 2 heteroatoms. The molecule has 1 aliphatic heterocycles. The third kappa shape index (κ3) is 3.27. The van der Waals surface area contributed by atoms with Gasteiger partial charge >= 0.3 is 0 Å². The highest BCUT2D eigenvalue weighted by Crippen LogP contribution is 2.36. The molecule has 2 rings (SSSR count). The fourth-order valence-electron chi connectivity index (χ4n) is 3.40. The molecule has 1 aliphatic carbocycles. The lowest BCUT2D eigenvalue weighted by molar-refractivity contribution is 0.0313. The lowest BCUT2D eigenvalue weighted by Crippen LogP contribution is -2.64. The quantitative estimate of drug-likeness (QED) is 0.780. The van der Waals surface area contributed by atoms with Gasteiger partial charge < -0.3 is 5.32 Å². The van der Waals surface area contributed by atoms with Crippen LogP contribution in [0.2, 0.25) is 0 Å². The first-order valence-corrected chi connectivity index (χ1v) is 8.07. The minimum absolute atomic E-state index is 0.382. The summed E-state index contributed by atoms with van der Waals surface area (Å²) >= 11 is 0. The second-order valence-corrected chi connectivity index (χ2v) is 6.97. The minimum atomic E-state index is 0.382. The third-order valence-electron chi connectivity index (χ3n) is 5.19. The Labute approximate surface area is 114 Å². The highest BCUT2D eigenvalue weighted by molar-refractivity contribution is 5.00. The number of piperazine rings is 1. The van der Waals surface area contributed by atoms with Gasteiger partial charge in [-0.2, -0.15) is 0 Å². The minimum Gasteiger partial charge on any atom is -0.311 e. The number of hydrogen-bond acceptors (Lipinski definition) is 2. The Hall–Kier alpha value is -0.0800. The molecule has 3 atom stereocenters. The average molecular weight is 252 g/mol. The standard InChI is InChI=1S/C16H32N2/c1-5-7-13(3)10-18-11-15(14-8-9-14)17-12-16(18,4)6-2/h13-15,17H,5-12H2,1-4H3. The van der Waals surface area contributed by atoms with E-state index in [2.05, 4.69) is 37.9 Å². The summed E-state index contributed by atoms with van der Waals surface area (Å²) in [7, 11) is 0. The van der Waals surface area contributed by atoms with E-state index in [1.54, 1.807) is 0 Å². The molecule has 2 nitrogen and oxygen atoms in total. The molecule has 0 amide bonds. The van der Waals surface area contributed by atoms with Gasteiger partial charge in [0.15, 0.2) is 0 Å². The van der Waals surface area contributed by atoms with Gasteiger partial charge in [-0.1, -0.05) is 27.2 Å². The fraction of sp³-hybridized carbons (Fsp3) is 1.00. The van der Waals surface area contributed by atoms with Crippen LogP contribution in [-0.4, -0.2) is 36.1 Å². The molecule has 1 heterocycles. The fourth-order valence-corrected chi connectivity index (χ4v) is 3.40. The van der Waals surface area contributed by atoms with Crippen molar-refractivity contribution in [3.8, 4) is 0 Å². The molecule has 106 valence electrons. The molecule has 1 N–H and O–H groups in total. The third-order valence-corrected chi connectivity index (χ3v) is 5.19. The summed E-state index contributed by atoms with van der Waals surface area (Å²) in [5.74, 6) is 1.83. The van der Waals surface area contributed by atoms with Crippen molar-refractivity contribution in [3.63, 3.8) is 0 Å². The second-order valence-electron chi connectivity index (χ2n) is 6.97. The van der Waals surface area contributed by atoms with Gasteiger partial charge in [0.05, 0.1) is 0 Å². The predicted molar refractivity (Wildman–Crippen MR) is 78.9 cm³/mol. The first-order valence-electron chi connectivity index (χ1n) is 8.07. The maximum Gasteiger partial charge on any atom is 0.0304 e. The average Bonchev–Trinajstić information content (AvgIpc) is 3.16. The number of nitrogens with one attached hydrogen (secondary N) is 1. The van der Waals surface area contributed by atoms with Crippen LogP contribution in [0.15, 0.2) is 0 Å². The van der Waals surface area contributed by atoms with Gasteiger partial charge in [-0.25, -0.2) is 0 Å². The van der Waals surface area contributed by atoms with Gasteiger partial charge in [0.25, 0.3) is 0 Å². The molecule has 0 radical (unpaired) electrons. The lowest BCUT2D eigenvalue weighted by atomic mass is 9.89. The maximum absolute atomic E-state index is 3.82. The summed E-state index contributed by atoms with van der Waals surface area (Å²) < 4.78 is 0. The van der Waals surface area contributed by atoms with Crippen molar-refractivity contribution in [1.29, 1.82) is 0 Å². The van der Waals surface area contributed by atoms with E-state index in [0.29, 0.717) is 5.54 Å². The summed E-state index contributed by atoms with van der Waals surface area (Å²) in [6.07, 6.45) is 6.87. The summed E-state index contributed by atoms with van der Waals surface area (Å²) in [5.41, 5.74) is 0.382. The molecule has 1 saturated carbocycles. The Kier molecular flexibility index (Phi) is 4.71. The molecule has 0 aromatic rings. The van der Waals surface area contributed by atoms with E-state index in [-0.39, 0.29) is 0 Å². The van der Waals surface area contributed by atoms with E-state index in [1.807, 2.05) is 0 Å². The van der Waals surface area contributed by atoms with Gasteiger partial charge in [-0.05, 0) is 44.4 Å². The van der Waals surface area contributed by atoms with Gasteiger partial charge in [-0.15, -0.1) is 0 Å². The van der Waals surface area contributed by atoms with Gasteiger partial charge in [-0.3, -0.25) is 4.90 Å². The van der Waals surface area contributed by atoms with Crippen LogP contribution in [0.5, 0.6) is 0 Å². The summed E-state index contributed by atoms with van der Waals surface area (Å²) in [4.78, 5) is 2.80. The number of hydrogen-bond donors (Lipinski definition) is 1. The number of rotatable bonds is 6. The van der Waals surface area contributed by atoms with E-state index in [9.17, 15) is 0 Å². The van der Waals surface area contributed by atoms with Crippen LogP contribution in [0.1, 0.15) is 59.8 Å². The topological polar surface area (TPSA) is 15.3 Å². The largest absolute Gasteiger partial charge is 0.311 e. The monoisotopic (exact) mass is 252 g/mol. The molecule has 2 aliphatic rings. The molecule has 0 aromatic carbocycles. The lowest BCUT2D eigenvalue weighted by Gasteiger charge is -2.49. The molecular weight excluding hydrogens is 220 g/mol. The van der Waals surface area contributed by atoms with E-state index in [1.165, 1.54) is 51.7 Å². The van der Waals surface area contributed by atoms with Crippen LogP contribution >= 0.6 is 0 Å². The normalized spacial score (nSPS) is 35.7. The highest BCUT2D eigenvalue weighted by Gasteiger charge is 2.41. The van der Waals surface area contributed by atoms with Crippen LogP contribution in [0.25, 0.3) is 0 Å². The highest BCUT2D eigenvalue weighted by atomic mass is 15.3. The first kappa shape index (κ1) is 14.3. The molecule has 1 saturated heterocycles. The Balaban J connectivity index is 1.95. The van der Waals surface area contributed by atoms with Crippen LogP contribution in [0.3, 0.4) is 0 Å². The summed E-state index contributed by atoms with van der Waals surface area (Å²) in [5, 5.41) is 3.82. The molecule has 0 bridgehead atoms. The van der Waals surface area contributed by atoms with Crippen molar-refractivity contribution < 1.29 is 0 Å². The molecule has 3 unspecified atom stereocenters. The van der Waals surface area contributed by atoms with Crippen molar-refractivity contribution >= 4 is 0 Å². The van der Waals surface area contributed by atoms with Gasteiger partial charge in [0, 0.05) is 31.2 Å². The zero-order chi connectivity index (χ0) is 13.2. The zero-order valence-corrected chi connectivity index (χ0v) is 12.8. The molecular formula is C16H32N2. The van der Waals surface area contributed by atoms with Crippen molar-refractivity contribution in [2.45, 2.75) is 71.4 Å². The van der Waals surface area contributed by atoms with E-state index >= 15 is 0 Å². The van der Waals surface area contributed by atoms with Crippen LogP contribution in [0.4, 0.5) is 0 Å². The van der Waals surface area contributed by atoms with Crippen molar-refractivity contribution in [1.82, 2.24) is 10.2 Å². The van der Waals surface area contributed by atoms with E-state index in [0.717, 1.165) is 17.9 Å². The van der Waals surface area contributed by atoms with Crippen molar-refractivity contribution in [2.24, 2.45) is 11.8 Å². The second kappa shape index (κ2) is 5.92. The summed E-state index contributed by atoms with van der Waals surface area (Å²) in [6.45, 7) is 13.3. The van der Waals surface area contributed by atoms with Gasteiger partial charge in [0.1, 0.15) is 0 Å². The van der Waals surface area contributed by atoms with Crippen LogP contribution < -0.4 is 5.32 Å². The van der Waals surface area contributed by atoms with Crippen molar-refractivity contribution in [2.75, 3.05) is 19.6 Å². The Morgan fingerprint density at radius 2 is 2.06 bits per heavy atom. The van der Waals surface area contributed by atoms with Crippen molar-refractivity contribution in [3.05, 3.63) is 0 Å². The summed E-state index contributed by atoms with van der Waals surface area (Å²) in [6, 6.07) is 0.776. The zero-order valence-electron chi connectivity index (χ0n) is 12.8. The maximum atomic E-state index is 3.82. The molecule has 18 heavy (non-hydrogen) atoms. The smallest absolute Gasteiger partial charge is 0.0304 e. The van der Waals surface area contributed by atoms with E-state index < -0.39 is 0 Å². The molecule has 2 fully saturated rings. The van der Waals surface area contributed by atoms with Crippen LogP contribution in [-0.2, 0) is 0 Å². The Morgan fingerprint density at radius 3 is 2.61 bits per heavy atom. The van der Waals surface area contributed by atoms with Crippen LogP contribution in [0, 0.1) is 11.8 Å². The first-order chi connectivity index (χ1) is 8.59. The predicted octanol–water partition coefficient (Wildman–Crippen LogP) is 3.28. The number of nitrogens with zero attached hydrogens (tertiary/aromatic N) is 1. The Bertz CT molecular complexity index is 262. The SMILES string of the molecule is CCCC(C)CN1CC(C2CC2)NCC1(C)CC. The van der Waals surface area contributed by atoms with Gasteiger partial charge in [0.2, 0.25) is 0 Å². The van der Waals surface area contributed by atoms with E-state index in [4.69, 9.17) is 0 Å². The molecule has 0 spiro atoms.